The zero-order valence-electron chi connectivity index (χ0n) is 78.2. The molecule has 0 aliphatic carbocycles. The molecule has 126 heavy (non-hydrogen) atoms. The van der Waals surface area contributed by atoms with Crippen LogP contribution in [0.2, 0.25) is 0 Å². The lowest BCUT2D eigenvalue weighted by Gasteiger charge is -2.32. The fraction of sp³-hybridized carbons (Fsp3) is 0.296. The molecule has 0 N–H and O–H groups in total. The largest absolute Gasteiger partial charge is 0.483 e. The predicted octanol–water partition coefficient (Wildman–Crippen LogP) is 32.5. The van der Waals surface area contributed by atoms with E-state index in [-0.39, 0.29) is 27.6 Å². The van der Waals surface area contributed by atoms with Gasteiger partial charge in [0.2, 0.25) is 29.3 Å². The minimum Gasteiger partial charge on any atom is -0.483 e. The molecule has 642 valence electrons. The first-order valence-corrected chi connectivity index (χ1v) is 44.8. The average molecular weight is 1670 g/mol. The van der Waals surface area contributed by atoms with Crippen molar-refractivity contribution in [3.05, 3.63) is 341 Å². The van der Waals surface area contributed by atoms with Crippen LogP contribution in [-0.2, 0) is 54.0 Å². The lowest BCUT2D eigenvalue weighted by Crippen LogP contribution is -2.19. The highest BCUT2D eigenvalue weighted by Crippen LogP contribution is 2.56. The number of anilines is 12. The van der Waals surface area contributed by atoms with E-state index in [9.17, 15) is 4.79 Å². The van der Waals surface area contributed by atoms with Gasteiger partial charge in [0.15, 0.2) is 5.75 Å². The second-order valence-corrected chi connectivity index (χ2v) is 39.9. The van der Waals surface area contributed by atoms with Gasteiger partial charge < -0.3 is 27.1 Å². The first-order chi connectivity index (χ1) is 59.9. The minimum atomic E-state index is -0.379. The summed E-state index contributed by atoms with van der Waals surface area (Å²) in [7, 11) is 0. The second-order valence-electron chi connectivity index (χ2n) is 39.9. The van der Waals surface area contributed by atoms with Crippen molar-refractivity contribution in [2.75, 3.05) is 19.6 Å². The van der Waals surface area contributed by atoms with Gasteiger partial charge in [-0.15, -0.1) is 0 Å². The quantitative estimate of drug-likeness (QED) is 0.157. The third-order valence-electron chi connectivity index (χ3n) is 25.7. The van der Waals surface area contributed by atoms with Crippen molar-refractivity contribution < 1.29 is 31.9 Å². The highest BCUT2D eigenvalue weighted by Gasteiger charge is 2.38. The number of carbonyl (C=O) groups is 1. The van der Waals surface area contributed by atoms with E-state index in [0.29, 0.717) is 29.4 Å². The first-order valence-electron chi connectivity index (χ1n) is 44.8. The van der Waals surface area contributed by atoms with Crippen LogP contribution in [0.5, 0.6) is 11.5 Å². The summed E-state index contributed by atoms with van der Waals surface area (Å²) in [5.74, 6) is 4.12. The van der Waals surface area contributed by atoms with Gasteiger partial charge in [-0.25, -0.2) is 4.79 Å². The van der Waals surface area contributed by atoms with Crippen LogP contribution in [0.4, 0.5) is 69.0 Å². The monoisotopic (exact) mass is 1670 g/mol. The van der Waals surface area contributed by atoms with Crippen molar-refractivity contribution in [2.45, 2.75) is 227 Å². The predicted molar refractivity (Wildman–Crippen MR) is 524 cm³/mol. The summed E-state index contributed by atoms with van der Waals surface area (Å²) < 4.78 is 38.3. The van der Waals surface area contributed by atoms with E-state index in [1.54, 1.807) is 6.07 Å². The fourth-order valence-electron chi connectivity index (χ4n) is 19.1. The summed E-state index contributed by atoms with van der Waals surface area (Å²) >= 11 is 0. The van der Waals surface area contributed by atoms with Crippen molar-refractivity contribution in [2.24, 2.45) is 0 Å². The Balaban J connectivity index is 0.000000119. The van der Waals surface area contributed by atoms with Gasteiger partial charge in [0.25, 0.3) is 0 Å². The molecule has 4 aliphatic heterocycles. The van der Waals surface area contributed by atoms with Crippen LogP contribution in [-0.4, -0.2) is 5.97 Å². The molecule has 16 aromatic rings. The van der Waals surface area contributed by atoms with Crippen molar-refractivity contribution >= 4 is 119 Å². The van der Waals surface area contributed by atoms with Crippen LogP contribution >= 0.6 is 0 Å². The summed E-state index contributed by atoms with van der Waals surface area (Å²) in [4.78, 5) is 22.2. The number of fused-ring (bicyclic) bond motifs is 16. The third kappa shape index (κ3) is 15.9. The van der Waals surface area contributed by atoms with E-state index >= 15 is 0 Å². The third-order valence-corrected chi connectivity index (χ3v) is 25.7. The van der Waals surface area contributed by atoms with Crippen LogP contribution < -0.4 is 29.1 Å². The number of carbonyl (C=O) groups excluding carboxylic acids is 1. The Bertz CT molecular complexity index is 6680. The van der Waals surface area contributed by atoms with Gasteiger partial charge in [0.05, 0.1) is 61.8 Å². The molecule has 8 heterocycles. The molecule has 4 aliphatic rings. The molecule has 0 unspecified atom stereocenters. The topological polar surface area (TPSA) is 101 Å². The number of benzene rings is 12. The molecule has 0 spiro atoms. The number of hydrogen-bond acceptors (Lipinski definition) is 11. The van der Waals surface area contributed by atoms with Gasteiger partial charge in [-0.05, 0) is 294 Å². The maximum absolute atomic E-state index is 13.1. The smallest absolute Gasteiger partial charge is 0.345 e. The summed E-state index contributed by atoms with van der Waals surface area (Å²) in [5.41, 5.74) is 39.8. The summed E-state index contributed by atoms with van der Waals surface area (Å²) in [5, 5.41) is 4.32. The number of hydrogen-bond donors (Lipinski definition) is 0. The molecular formula is C115H120N4O7. The maximum atomic E-state index is 13.1. The molecule has 11 heteroatoms. The van der Waals surface area contributed by atoms with Crippen molar-refractivity contribution in [1.82, 2.24) is 0 Å². The lowest BCUT2D eigenvalue weighted by atomic mass is 9.84. The maximum Gasteiger partial charge on any atom is 0.345 e. The number of furan rings is 4. The number of nitrogens with zero attached hydrogens (tertiary/aromatic N) is 4. The Morgan fingerprint density at radius 3 is 0.968 bits per heavy atom. The molecule has 0 fully saturated rings. The van der Waals surface area contributed by atoms with E-state index in [0.717, 1.165) is 128 Å². The van der Waals surface area contributed by atoms with Crippen molar-refractivity contribution in [1.29, 1.82) is 0 Å². The molecule has 12 aromatic carbocycles. The molecule has 0 atom stereocenters. The van der Waals surface area contributed by atoms with E-state index in [2.05, 4.69) is 344 Å². The molecule has 0 bridgehead atoms. The lowest BCUT2D eigenvalue weighted by molar-refractivity contribution is 0.0740. The van der Waals surface area contributed by atoms with Gasteiger partial charge >= 0.3 is 5.97 Å². The Morgan fingerprint density at radius 1 is 0.278 bits per heavy atom. The highest BCUT2D eigenvalue weighted by molar-refractivity contribution is 6.07. The molecule has 11 nitrogen and oxygen atoms in total. The van der Waals surface area contributed by atoms with Crippen LogP contribution in [0.1, 0.15) is 217 Å². The fourth-order valence-corrected chi connectivity index (χ4v) is 19.1. The molecule has 4 aromatic heterocycles. The highest BCUT2D eigenvalue weighted by atomic mass is 16.5. The summed E-state index contributed by atoms with van der Waals surface area (Å²) in [6.07, 6.45) is 5.22. The SMILES string of the molecule is Cc1ccc2oc3c(c2c1)CCCc1ccccc1N3c1c(C)cc(C(C)(C)C)cc1C.Cc1ccc2oc3c(c2c1)CCc1ccccc1N3c1c(C)cc(C(C)(C)C)cc1C.Cc1ccc2oc3c(c2c1)OC(=O)c1ccccc1N3c1c(C)cc(C(C)(C)C)cc1C.Cc1ccc2oc3c(c2c1)OCc1ccccc1N3c1c(C)cc(C(C)(C)C)cc1C. The number of ether oxygens (including phenoxy) is 2. The van der Waals surface area contributed by atoms with E-state index in [1.807, 2.05) is 54.3 Å². The number of rotatable bonds is 4. The molecule has 0 amide bonds. The van der Waals surface area contributed by atoms with E-state index in [4.69, 9.17) is 27.1 Å². The summed E-state index contributed by atoms with van der Waals surface area (Å²) in [6.45, 7) is 53.6. The van der Waals surface area contributed by atoms with Crippen molar-refractivity contribution in [3.63, 3.8) is 0 Å². The molecule has 0 saturated carbocycles. The van der Waals surface area contributed by atoms with Gasteiger partial charge in [0, 0.05) is 27.5 Å². The second kappa shape index (κ2) is 32.7. The zero-order chi connectivity index (χ0) is 89.2. The first kappa shape index (κ1) is 85.4. The van der Waals surface area contributed by atoms with E-state index < -0.39 is 0 Å². The van der Waals surface area contributed by atoms with Crippen LogP contribution in [0, 0.1) is 83.1 Å². The Labute approximate surface area is 744 Å². The molecule has 0 saturated heterocycles. The zero-order valence-corrected chi connectivity index (χ0v) is 78.2. The molecule has 20 rings (SSSR count). The minimum absolute atomic E-state index is 0.0336. The van der Waals surface area contributed by atoms with Gasteiger partial charge in [-0.2, -0.15) is 0 Å². The van der Waals surface area contributed by atoms with Crippen molar-refractivity contribution in [3.8, 4) is 11.5 Å². The van der Waals surface area contributed by atoms with Crippen LogP contribution in [0.25, 0.3) is 43.9 Å². The van der Waals surface area contributed by atoms with Crippen LogP contribution in [0.15, 0.2) is 236 Å². The molecular weight excluding hydrogens is 1550 g/mol. The Kier molecular flexibility index (Phi) is 22.2. The number of aryl methyl sites for hydroxylation is 16. The van der Waals surface area contributed by atoms with Gasteiger partial charge in [-0.3, -0.25) is 19.6 Å². The normalized spacial score (nSPS) is 13.8. The Hall–Kier alpha value is -12.7. The number of esters is 1. The van der Waals surface area contributed by atoms with Gasteiger partial charge in [-0.1, -0.05) is 245 Å². The standard InChI is InChI=1S/C30H33NO.C29H31NO.C28H27NO3.C28H29NO2/c1-19-14-15-27-25(16-19)24-12-9-11-22-10-7-8-13-26(22)31(29(24)32-27)28-20(2)17-23(18-21(28)3)30(4,5)6;1-18-11-14-26-24(15-18)23-13-12-21-9-7-8-10-25(21)30(28(23)31-26)27-19(2)16-22(17-20(27)3)29(4,5)6;1-16-11-12-23-21(13-16)25-26(31-23)29(22-10-8-7-9-20(22)27(30)32-25)24-17(2)14-19(15-18(24)3)28(4,5)6;1-17-11-12-24-22(13-17)26-27(31-24)29(23-10-8-7-9-20(23)16-30-26)25-18(2)14-21(15-19(25)3)28(4,5)6/h7-8,10,13-18H,9,11-12H2,1-6H3;7-11,14-17H,12-13H2,1-6H3;7-15H,1-6H3;7-15H,16H2,1-6H3. The Morgan fingerprint density at radius 2 is 0.571 bits per heavy atom. The number of para-hydroxylation sites is 4. The van der Waals surface area contributed by atoms with E-state index in [1.165, 1.54) is 128 Å². The molecule has 0 radical (unpaired) electrons. The van der Waals surface area contributed by atoms with Crippen LogP contribution in [0.3, 0.4) is 0 Å². The average Bonchev–Trinajstić information content (AvgIpc) is 1.57. The van der Waals surface area contributed by atoms with Gasteiger partial charge in [0.1, 0.15) is 28.9 Å². The summed E-state index contributed by atoms with van der Waals surface area (Å²) in [6, 6.07) is 77.3.